The van der Waals surface area contributed by atoms with E-state index in [2.05, 4.69) is 24.1 Å². The number of halogens is 1. The lowest BCUT2D eigenvalue weighted by Crippen LogP contribution is -2.44. The molecule has 1 fully saturated rings. The van der Waals surface area contributed by atoms with Crippen molar-refractivity contribution in [1.29, 1.82) is 0 Å². The molecule has 0 unspecified atom stereocenters. The van der Waals surface area contributed by atoms with E-state index in [4.69, 9.17) is 0 Å². The molecule has 0 radical (unpaired) electrons. The van der Waals surface area contributed by atoms with E-state index in [0.29, 0.717) is 24.4 Å². The summed E-state index contributed by atoms with van der Waals surface area (Å²) in [7, 11) is 0. The van der Waals surface area contributed by atoms with Crippen LogP contribution in [0.2, 0.25) is 0 Å². The average molecular weight is 525 g/mol. The second kappa shape index (κ2) is 9.69. The van der Waals surface area contributed by atoms with E-state index in [0.717, 1.165) is 33.5 Å². The number of urea groups is 1. The fourth-order valence-corrected chi connectivity index (χ4v) is 5.72. The van der Waals surface area contributed by atoms with Crippen molar-refractivity contribution in [3.05, 3.63) is 101 Å². The standard InChI is InChI=1S/C31H29FN4O3/c1-18(2)15-16-33-29(37)22-8-4-6-10-25(22)36-30(38)26-17-23-21-7-3-5-9-24(21)34-27(23)28(35(26)31(36)39)19-11-13-20(32)14-12-19/h3-14,18,26,28,34H,15-17H2,1-2H3,(H,33,37)/t26-,28-/m0/s1. The van der Waals surface area contributed by atoms with E-state index in [-0.39, 0.29) is 28.9 Å². The SMILES string of the molecule is CC(C)CCNC(=O)c1ccccc1N1C(=O)[C@@H]2Cc3c([nH]c4ccccc34)[C@H](c3ccc(F)cc3)N2C1=O. The molecule has 2 atom stereocenters. The smallest absolute Gasteiger partial charge is 0.332 e. The number of H-pyrrole nitrogens is 1. The van der Waals surface area contributed by atoms with E-state index < -0.39 is 18.1 Å². The number of para-hydroxylation sites is 2. The summed E-state index contributed by atoms with van der Waals surface area (Å²) in [6.07, 6.45) is 1.15. The number of hydrogen-bond donors (Lipinski definition) is 2. The van der Waals surface area contributed by atoms with Crippen LogP contribution in [0.25, 0.3) is 10.9 Å². The summed E-state index contributed by atoms with van der Waals surface area (Å²) >= 11 is 0. The van der Waals surface area contributed by atoms with Crippen LogP contribution in [-0.4, -0.2) is 40.3 Å². The lowest BCUT2D eigenvalue weighted by atomic mass is 9.89. The maximum atomic E-state index is 14.1. The Labute approximate surface area is 225 Å². The van der Waals surface area contributed by atoms with Crippen LogP contribution in [0.1, 0.15) is 53.5 Å². The van der Waals surface area contributed by atoms with Gasteiger partial charge in [-0.3, -0.25) is 14.5 Å². The van der Waals surface area contributed by atoms with E-state index >= 15 is 0 Å². The van der Waals surface area contributed by atoms with E-state index in [1.54, 1.807) is 41.3 Å². The molecular formula is C31H29FN4O3. The Kier molecular flexibility index (Phi) is 6.17. The number of nitrogens with zero attached hydrogens (tertiary/aromatic N) is 2. The molecule has 4 amide bonds. The minimum absolute atomic E-state index is 0.260. The van der Waals surface area contributed by atoms with E-state index in [1.807, 2.05) is 24.3 Å². The molecule has 4 aromatic rings. The first kappa shape index (κ1) is 24.9. The lowest BCUT2D eigenvalue weighted by Gasteiger charge is -2.36. The van der Waals surface area contributed by atoms with Crippen LogP contribution >= 0.6 is 0 Å². The highest BCUT2D eigenvalue weighted by Crippen LogP contribution is 2.45. The van der Waals surface area contributed by atoms with Crippen molar-refractivity contribution in [3.8, 4) is 0 Å². The fraction of sp³-hybridized carbons (Fsp3) is 0.258. The molecule has 198 valence electrons. The van der Waals surface area contributed by atoms with Gasteiger partial charge in [0.15, 0.2) is 0 Å². The quantitative estimate of drug-likeness (QED) is 0.324. The van der Waals surface area contributed by atoms with Gasteiger partial charge in [0.2, 0.25) is 0 Å². The summed E-state index contributed by atoms with van der Waals surface area (Å²) in [6.45, 7) is 4.65. The van der Waals surface area contributed by atoms with Crippen molar-refractivity contribution in [1.82, 2.24) is 15.2 Å². The highest BCUT2D eigenvalue weighted by Gasteiger charge is 2.53. The molecule has 2 N–H and O–H groups in total. The van der Waals surface area contributed by atoms with Crippen LogP contribution in [-0.2, 0) is 11.2 Å². The number of rotatable bonds is 6. The van der Waals surface area contributed by atoms with Crippen molar-refractivity contribution in [2.75, 3.05) is 11.4 Å². The van der Waals surface area contributed by atoms with Gasteiger partial charge in [-0.1, -0.05) is 56.3 Å². The number of carbonyl (C=O) groups excluding carboxylic acids is 3. The highest BCUT2D eigenvalue weighted by molar-refractivity contribution is 6.24. The van der Waals surface area contributed by atoms with Crippen LogP contribution in [0.3, 0.4) is 0 Å². The van der Waals surface area contributed by atoms with E-state index in [1.165, 1.54) is 12.1 Å². The summed E-state index contributed by atoms with van der Waals surface area (Å²) in [6, 6.07) is 18.6. The zero-order valence-electron chi connectivity index (χ0n) is 21.8. The minimum atomic E-state index is -0.767. The van der Waals surface area contributed by atoms with Crippen LogP contribution in [0.15, 0.2) is 72.8 Å². The summed E-state index contributed by atoms with van der Waals surface area (Å²) in [5.41, 5.74) is 3.90. The molecule has 1 saturated heterocycles. The van der Waals surface area contributed by atoms with Crippen LogP contribution in [0, 0.1) is 11.7 Å². The maximum absolute atomic E-state index is 14.1. The van der Waals surface area contributed by atoms with Gasteiger partial charge in [-0.2, -0.15) is 0 Å². The molecule has 0 saturated carbocycles. The van der Waals surface area contributed by atoms with Crippen LogP contribution < -0.4 is 10.2 Å². The average Bonchev–Trinajstić information content (AvgIpc) is 3.42. The van der Waals surface area contributed by atoms with Gasteiger partial charge in [0.25, 0.3) is 11.8 Å². The summed E-state index contributed by atoms with van der Waals surface area (Å²) in [5, 5.41) is 3.90. The molecule has 0 bridgehead atoms. The summed E-state index contributed by atoms with van der Waals surface area (Å²) < 4.78 is 13.9. The second-order valence-electron chi connectivity index (χ2n) is 10.6. The van der Waals surface area contributed by atoms with Gasteiger partial charge >= 0.3 is 6.03 Å². The number of anilines is 1. The number of aromatic amines is 1. The van der Waals surface area contributed by atoms with Crippen LogP contribution in [0.5, 0.6) is 0 Å². The first-order valence-electron chi connectivity index (χ1n) is 13.2. The third-order valence-electron chi connectivity index (χ3n) is 7.63. The number of imide groups is 1. The molecule has 2 aliphatic rings. The topological polar surface area (TPSA) is 85.5 Å². The predicted molar refractivity (Wildman–Crippen MR) is 147 cm³/mol. The number of amides is 4. The van der Waals surface area contributed by atoms with Gasteiger partial charge in [0.05, 0.1) is 11.3 Å². The number of benzene rings is 3. The van der Waals surface area contributed by atoms with Gasteiger partial charge in [-0.25, -0.2) is 14.1 Å². The first-order chi connectivity index (χ1) is 18.8. The zero-order valence-corrected chi connectivity index (χ0v) is 21.8. The van der Waals surface area contributed by atoms with Crippen molar-refractivity contribution >= 4 is 34.4 Å². The summed E-state index contributed by atoms with van der Waals surface area (Å²) in [5.74, 6) is -0.672. The third-order valence-corrected chi connectivity index (χ3v) is 7.63. The highest BCUT2D eigenvalue weighted by atomic mass is 19.1. The molecule has 8 heteroatoms. The molecular weight excluding hydrogens is 495 g/mol. The Bertz CT molecular complexity index is 1590. The van der Waals surface area contributed by atoms with Crippen molar-refractivity contribution in [3.63, 3.8) is 0 Å². The van der Waals surface area contributed by atoms with Crippen molar-refractivity contribution in [2.45, 2.75) is 38.8 Å². The van der Waals surface area contributed by atoms with Gasteiger partial charge < -0.3 is 10.3 Å². The Morgan fingerprint density at radius 2 is 1.74 bits per heavy atom. The van der Waals surface area contributed by atoms with Crippen molar-refractivity contribution in [2.24, 2.45) is 5.92 Å². The molecule has 3 heterocycles. The monoisotopic (exact) mass is 524 g/mol. The first-order valence-corrected chi connectivity index (χ1v) is 13.2. The molecule has 0 aliphatic carbocycles. The number of aromatic nitrogens is 1. The van der Waals surface area contributed by atoms with Gasteiger partial charge in [0, 0.05) is 29.6 Å². The Hall–Kier alpha value is -4.46. The van der Waals surface area contributed by atoms with Gasteiger partial charge in [0.1, 0.15) is 17.9 Å². The predicted octanol–water partition coefficient (Wildman–Crippen LogP) is 5.57. The van der Waals surface area contributed by atoms with Crippen LogP contribution in [0.4, 0.5) is 14.9 Å². The molecule has 6 rings (SSSR count). The number of carbonyl (C=O) groups is 3. The molecule has 0 spiro atoms. The normalized spacial score (nSPS) is 18.6. The zero-order chi connectivity index (χ0) is 27.3. The molecule has 7 nitrogen and oxygen atoms in total. The number of fused-ring (bicyclic) bond motifs is 4. The number of nitrogens with one attached hydrogen (secondary N) is 2. The maximum Gasteiger partial charge on any atom is 0.332 e. The Morgan fingerprint density at radius 1 is 1.03 bits per heavy atom. The molecule has 2 aliphatic heterocycles. The Morgan fingerprint density at radius 3 is 2.51 bits per heavy atom. The molecule has 39 heavy (non-hydrogen) atoms. The van der Waals surface area contributed by atoms with Crippen molar-refractivity contribution < 1.29 is 18.8 Å². The molecule has 1 aromatic heterocycles. The third kappa shape index (κ3) is 4.16. The minimum Gasteiger partial charge on any atom is -0.356 e. The number of hydrogen-bond acceptors (Lipinski definition) is 3. The second-order valence-corrected chi connectivity index (χ2v) is 10.6. The molecule has 3 aromatic carbocycles. The summed E-state index contributed by atoms with van der Waals surface area (Å²) in [4.78, 5) is 47.4. The van der Waals surface area contributed by atoms with Gasteiger partial charge in [-0.15, -0.1) is 0 Å². The van der Waals surface area contributed by atoms with E-state index in [9.17, 15) is 18.8 Å². The lowest BCUT2D eigenvalue weighted by molar-refractivity contribution is -0.120. The van der Waals surface area contributed by atoms with Gasteiger partial charge in [-0.05, 0) is 53.8 Å². The fourth-order valence-electron chi connectivity index (χ4n) is 5.72. The largest absolute Gasteiger partial charge is 0.356 e. The Balaban J connectivity index is 1.43.